The molecule has 1 unspecified atom stereocenters. The zero-order chi connectivity index (χ0) is 14.9. The van der Waals surface area contributed by atoms with E-state index in [1.807, 2.05) is 0 Å². The van der Waals surface area contributed by atoms with Gasteiger partial charge in [0.2, 0.25) is 0 Å². The lowest BCUT2D eigenvalue weighted by Gasteiger charge is -2.22. The number of halogens is 1. The number of aromatic nitrogens is 2. The first kappa shape index (κ1) is 14.7. The second-order valence-corrected chi connectivity index (χ2v) is 6.60. The molecular weight excluding hydrogens is 318 g/mol. The van der Waals surface area contributed by atoms with Crippen LogP contribution in [0, 0.1) is 0 Å². The van der Waals surface area contributed by atoms with Crippen LogP contribution in [0.25, 0.3) is 5.65 Å². The van der Waals surface area contributed by atoms with E-state index in [1.54, 1.807) is 24.4 Å². The van der Waals surface area contributed by atoms with Crippen molar-refractivity contribution in [3.8, 4) is 0 Å². The van der Waals surface area contributed by atoms with Gasteiger partial charge in [-0.2, -0.15) is 0 Å². The van der Waals surface area contributed by atoms with Crippen LogP contribution >= 0.6 is 11.6 Å². The Morgan fingerprint density at radius 2 is 2.29 bits per heavy atom. The zero-order valence-electron chi connectivity index (χ0n) is 11.0. The van der Waals surface area contributed by atoms with Crippen molar-refractivity contribution in [2.45, 2.75) is 11.1 Å². The van der Waals surface area contributed by atoms with Crippen molar-refractivity contribution in [1.29, 1.82) is 0 Å². The van der Waals surface area contributed by atoms with Crippen molar-refractivity contribution in [3.63, 3.8) is 0 Å². The molecular formula is C12H14ClN3O4S. The van der Waals surface area contributed by atoms with E-state index in [0.717, 1.165) is 0 Å². The number of fused-ring (bicyclic) bond motifs is 1. The topological polar surface area (TPSA) is 81.9 Å². The predicted octanol–water partition coefficient (Wildman–Crippen LogP) is 0.681. The van der Waals surface area contributed by atoms with Gasteiger partial charge >= 0.3 is 0 Å². The molecule has 0 saturated carbocycles. The minimum absolute atomic E-state index is 0.0606. The minimum atomic E-state index is -3.79. The van der Waals surface area contributed by atoms with Crippen LogP contribution in [-0.2, 0) is 19.5 Å². The molecule has 1 aliphatic rings. The van der Waals surface area contributed by atoms with Crippen LogP contribution in [0.1, 0.15) is 0 Å². The number of ether oxygens (including phenoxy) is 2. The zero-order valence-corrected chi connectivity index (χ0v) is 12.6. The normalized spacial score (nSPS) is 20.0. The summed E-state index contributed by atoms with van der Waals surface area (Å²) in [7, 11) is -3.79. The van der Waals surface area contributed by atoms with Gasteiger partial charge in [0.15, 0.2) is 10.2 Å². The van der Waals surface area contributed by atoms with Crippen LogP contribution in [-0.4, -0.2) is 50.3 Å². The van der Waals surface area contributed by atoms with Crippen molar-refractivity contribution in [3.05, 3.63) is 29.5 Å². The monoisotopic (exact) mass is 331 g/mol. The molecule has 1 aliphatic heterocycles. The highest BCUT2D eigenvalue weighted by Crippen LogP contribution is 2.22. The number of imidazole rings is 1. The molecule has 0 spiro atoms. The fraction of sp³-hybridized carbons (Fsp3) is 0.417. The van der Waals surface area contributed by atoms with Gasteiger partial charge in [-0.3, -0.25) is 4.40 Å². The average molecular weight is 332 g/mol. The number of pyridine rings is 1. The van der Waals surface area contributed by atoms with E-state index in [2.05, 4.69) is 9.71 Å². The molecule has 9 heteroatoms. The van der Waals surface area contributed by atoms with Crippen LogP contribution in [0.15, 0.2) is 29.4 Å². The molecule has 1 fully saturated rings. The fourth-order valence-corrected chi connectivity index (χ4v) is 3.82. The molecule has 7 nitrogen and oxygen atoms in total. The van der Waals surface area contributed by atoms with E-state index in [4.69, 9.17) is 21.1 Å². The lowest BCUT2D eigenvalue weighted by atomic mass is 10.3. The standard InChI is InChI=1S/C12H14ClN3O4S/c13-11-12(16-4-2-1-3-10(16)15-11)21(17,18)14-7-9-8-19-5-6-20-9/h1-4,9,14H,5-8H2. The lowest BCUT2D eigenvalue weighted by Crippen LogP contribution is -2.40. The van der Waals surface area contributed by atoms with Gasteiger partial charge < -0.3 is 9.47 Å². The second-order valence-electron chi connectivity index (χ2n) is 4.56. The highest BCUT2D eigenvalue weighted by molar-refractivity contribution is 7.89. The molecule has 0 amide bonds. The molecule has 2 aromatic heterocycles. The van der Waals surface area contributed by atoms with Gasteiger partial charge in [-0.25, -0.2) is 18.1 Å². The summed E-state index contributed by atoms with van der Waals surface area (Å²) in [5.41, 5.74) is 0.472. The number of nitrogens with one attached hydrogen (secondary N) is 1. The number of rotatable bonds is 4. The Bertz CT molecular complexity index is 740. The van der Waals surface area contributed by atoms with Crippen molar-refractivity contribution in [1.82, 2.24) is 14.1 Å². The van der Waals surface area contributed by atoms with Crippen LogP contribution < -0.4 is 4.72 Å². The maximum absolute atomic E-state index is 12.4. The molecule has 1 N–H and O–H groups in total. The third-order valence-electron chi connectivity index (χ3n) is 3.09. The van der Waals surface area contributed by atoms with Crippen molar-refractivity contribution < 1.29 is 17.9 Å². The molecule has 2 aromatic rings. The van der Waals surface area contributed by atoms with E-state index < -0.39 is 10.0 Å². The van der Waals surface area contributed by atoms with Gasteiger partial charge in [0.05, 0.1) is 25.9 Å². The Morgan fingerprint density at radius 3 is 3.05 bits per heavy atom. The quantitative estimate of drug-likeness (QED) is 0.891. The molecule has 0 bridgehead atoms. The van der Waals surface area contributed by atoms with Crippen molar-refractivity contribution >= 4 is 27.3 Å². The average Bonchev–Trinajstić information content (AvgIpc) is 2.83. The third kappa shape index (κ3) is 3.04. The van der Waals surface area contributed by atoms with Crippen LogP contribution in [0.5, 0.6) is 0 Å². The molecule has 1 saturated heterocycles. The second kappa shape index (κ2) is 5.90. The van der Waals surface area contributed by atoms with Crippen LogP contribution in [0.2, 0.25) is 5.15 Å². The molecule has 3 rings (SSSR count). The van der Waals surface area contributed by atoms with Gasteiger partial charge in [0, 0.05) is 12.7 Å². The summed E-state index contributed by atoms with van der Waals surface area (Å²) in [4.78, 5) is 4.03. The minimum Gasteiger partial charge on any atom is -0.376 e. The number of hydrogen-bond acceptors (Lipinski definition) is 5. The highest BCUT2D eigenvalue weighted by atomic mass is 35.5. The Balaban J connectivity index is 1.84. The first-order valence-corrected chi connectivity index (χ1v) is 8.25. The Morgan fingerprint density at radius 1 is 1.43 bits per heavy atom. The van der Waals surface area contributed by atoms with Gasteiger partial charge in [0.25, 0.3) is 10.0 Å². The lowest BCUT2D eigenvalue weighted by molar-refractivity contribution is -0.0847. The Hall–Kier alpha value is -1.19. The van der Waals surface area contributed by atoms with Gasteiger partial charge in [0.1, 0.15) is 5.65 Å². The Labute approximate surface area is 126 Å². The largest absolute Gasteiger partial charge is 0.376 e. The summed E-state index contributed by atoms with van der Waals surface area (Å²) in [5.74, 6) is 0. The molecule has 0 aliphatic carbocycles. The first-order chi connectivity index (χ1) is 10.1. The fourth-order valence-electron chi connectivity index (χ4n) is 2.11. The van der Waals surface area contributed by atoms with Gasteiger partial charge in [-0.05, 0) is 12.1 Å². The van der Waals surface area contributed by atoms with E-state index in [9.17, 15) is 8.42 Å². The van der Waals surface area contributed by atoms with Crippen LogP contribution in [0.4, 0.5) is 0 Å². The third-order valence-corrected chi connectivity index (χ3v) is 4.91. The molecule has 1 atom stereocenters. The predicted molar refractivity (Wildman–Crippen MR) is 75.9 cm³/mol. The molecule has 0 aromatic carbocycles. The summed E-state index contributed by atoms with van der Waals surface area (Å²) in [6, 6.07) is 5.15. The summed E-state index contributed by atoms with van der Waals surface area (Å²) in [5, 5.41) is -0.133. The highest BCUT2D eigenvalue weighted by Gasteiger charge is 2.26. The van der Waals surface area contributed by atoms with E-state index in [-0.39, 0.29) is 22.8 Å². The van der Waals surface area contributed by atoms with Gasteiger partial charge in [-0.15, -0.1) is 0 Å². The number of nitrogens with zero attached hydrogens (tertiary/aromatic N) is 2. The summed E-state index contributed by atoms with van der Waals surface area (Å²) < 4.78 is 39.4. The maximum Gasteiger partial charge on any atom is 0.259 e. The van der Waals surface area contributed by atoms with E-state index >= 15 is 0 Å². The van der Waals surface area contributed by atoms with E-state index in [1.165, 1.54) is 4.40 Å². The molecule has 3 heterocycles. The Kier molecular flexibility index (Phi) is 4.14. The van der Waals surface area contributed by atoms with Crippen molar-refractivity contribution in [2.75, 3.05) is 26.4 Å². The summed E-state index contributed by atoms with van der Waals surface area (Å²) in [6.45, 7) is 1.48. The molecule has 0 radical (unpaired) electrons. The van der Waals surface area contributed by atoms with Crippen molar-refractivity contribution in [2.24, 2.45) is 0 Å². The summed E-state index contributed by atoms with van der Waals surface area (Å²) >= 11 is 5.97. The molecule has 21 heavy (non-hydrogen) atoms. The number of hydrogen-bond donors (Lipinski definition) is 1. The van der Waals surface area contributed by atoms with Gasteiger partial charge in [-0.1, -0.05) is 17.7 Å². The van der Waals surface area contributed by atoms with Crippen LogP contribution in [0.3, 0.4) is 0 Å². The molecule has 114 valence electrons. The van der Waals surface area contributed by atoms with E-state index in [0.29, 0.717) is 25.5 Å². The maximum atomic E-state index is 12.4. The smallest absolute Gasteiger partial charge is 0.259 e. The first-order valence-electron chi connectivity index (χ1n) is 6.39. The summed E-state index contributed by atoms with van der Waals surface area (Å²) in [6.07, 6.45) is 1.30. The number of sulfonamides is 1. The SMILES string of the molecule is O=S(=O)(NCC1COCCO1)c1c(Cl)nc2ccccn12.